The maximum Gasteiger partial charge on any atom is 0.317 e. The molecule has 0 unspecified atom stereocenters. The number of amides is 2. The maximum absolute atomic E-state index is 11.6. The number of rotatable bonds is 6. The van der Waals surface area contributed by atoms with E-state index in [2.05, 4.69) is 32.7 Å². The van der Waals surface area contributed by atoms with E-state index in [1.54, 1.807) is 22.4 Å². The Bertz CT molecular complexity index is 942. The average molecular weight is 380 g/mol. The summed E-state index contributed by atoms with van der Waals surface area (Å²) in [7, 11) is 0. The first-order valence-electron chi connectivity index (χ1n) is 8.83. The third-order valence-corrected chi connectivity index (χ3v) is 5.54. The fourth-order valence-electron chi connectivity index (χ4n) is 2.94. The molecule has 0 aliphatic carbocycles. The van der Waals surface area contributed by atoms with Gasteiger partial charge in [0.15, 0.2) is 0 Å². The van der Waals surface area contributed by atoms with Gasteiger partial charge in [-0.05, 0) is 13.0 Å². The van der Waals surface area contributed by atoms with Crippen LogP contribution in [0.15, 0.2) is 42.6 Å². The molecule has 138 valence electrons. The number of nitrogens with zero attached hydrogens (tertiary/aromatic N) is 4. The summed E-state index contributed by atoms with van der Waals surface area (Å²) in [4.78, 5) is 28.0. The molecule has 1 saturated heterocycles. The number of benzene rings is 1. The smallest absolute Gasteiger partial charge is 0.317 e. The number of nitrogens with one attached hydrogen (secondary N) is 2. The predicted molar refractivity (Wildman–Crippen MR) is 107 cm³/mol. The van der Waals surface area contributed by atoms with Crippen molar-refractivity contribution in [1.29, 1.82) is 0 Å². The van der Waals surface area contributed by atoms with Crippen LogP contribution in [0.5, 0.6) is 0 Å². The Hall–Kier alpha value is -3.00. The van der Waals surface area contributed by atoms with Crippen molar-refractivity contribution >= 4 is 23.3 Å². The minimum atomic E-state index is -0.0137. The number of aryl methyl sites for hydroxylation is 1. The average Bonchev–Trinajstić information content (AvgIpc) is 3.28. The van der Waals surface area contributed by atoms with Crippen molar-refractivity contribution in [3.05, 3.63) is 48.3 Å². The molecule has 1 aromatic carbocycles. The van der Waals surface area contributed by atoms with Crippen molar-refractivity contribution < 1.29 is 4.79 Å². The molecule has 2 N–H and O–H groups in total. The van der Waals surface area contributed by atoms with E-state index in [4.69, 9.17) is 4.98 Å². The molecule has 1 aliphatic heterocycles. The van der Waals surface area contributed by atoms with Crippen LogP contribution in [0, 0.1) is 6.92 Å². The van der Waals surface area contributed by atoms with Gasteiger partial charge in [0.25, 0.3) is 0 Å². The van der Waals surface area contributed by atoms with Gasteiger partial charge in [-0.25, -0.2) is 19.7 Å². The Kier molecular flexibility index (Phi) is 4.97. The third-order valence-electron chi connectivity index (χ3n) is 4.32. The van der Waals surface area contributed by atoms with Gasteiger partial charge in [-0.2, -0.15) is 0 Å². The molecule has 7 nitrogen and oxygen atoms in total. The molecule has 4 rings (SSSR count). The van der Waals surface area contributed by atoms with Gasteiger partial charge < -0.3 is 15.5 Å². The molecule has 27 heavy (non-hydrogen) atoms. The largest absolute Gasteiger partial charge is 0.352 e. The van der Waals surface area contributed by atoms with Gasteiger partial charge in [0.2, 0.25) is 5.95 Å². The lowest BCUT2D eigenvalue weighted by Gasteiger charge is -2.14. The molecule has 2 amide bonds. The van der Waals surface area contributed by atoms with Gasteiger partial charge in [-0.15, -0.1) is 11.3 Å². The van der Waals surface area contributed by atoms with Gasteiger partial charge in [-0.3, -0.25) is 0 Å². The molecular formula is C19H20N6OS. The second-order valence-corrected chi connectivity index (χ2v) is 7.21. The van der Waals surface area contributed by atoms with Crippen LogP contribution in [0.3, 0.4) is 0 Å². The number of carbonyl (C=O) groups excluding carboxylic acids is 1. The summed E-state index contributed by atoms with van der Waals surface area (Å²) >= 11 is 1.63. The predicted octanol–water partition coefficient (Wildman–Crippen LogP) is 3.01. The Labute approximate surface area is 161 Å². The van der Waals surface area contributed by atoms with Gasteiger partial charge >= 0.3 is 6.03 Å². The van der Waals surface area contributed by atoms with Crippen LogP contribution >= 0.6 is 11.3 Å². The van der Waals surface area contributed by atoms with Gasteiger partial charge in [0.1, 0.15) is 5.01 Å². The molecule has 0 atom stereocenters. The molecule has 1 fully saturated rings. The number of thiazole rings is 1. The summed E-state index contributed by atoms with van der Waals surface area (Å²) in [5.41, 5.74) is 2.91. The lowest BCUT2D eigenvalue weighted by Crippen LogP contribution is -2.32. The van der Waals surface area contributed by atoms with E-state index in [0.29, 0.717) is 25.6 Å². The Morgan fingerprint density at radius 3 is 2.85 bits per heavy atom. The summed E-state index contributed by atoms with van der Waals surface area (Å²) in [6.07, 6.45) is 1.74. The number of aromatic nitrogens is 3. The minimum absolute atomic E-state index is 0.0137. The van der Waals surface area contributed by atoms with E-state index in [-0.39, 0.29) is 6.03 Å². The van der Waals surface area contributed by atoms with E-state index < -0.39 is 0 Å². The van der Waals surface area contributed by atoms with Crippen molar-refractivity contribution in [2.24, 2.45) is 0 Å². The van der Waals surface area contributed by atoms with Crippen molar-refractivity contribution in [2.75, 3.05) is 31.5 Å². The van der Waals surface area contributed by atoms with Crippen LogP contribution in [-0.4, -0.2) is 52.1 Å². The van der Waals surface area contributed by atoms with Crippen LogP contribution < -0.4 is 10.6 Å². The summed E-state index contributed by atoms with van der Waals surface area (Å²) < 4.78 is 0. The molecule has 8 heteroatoms. The monoisotopic (exact) mass is 380 g/mol. The molecule has 0 radical (unpaired) electrons. The minimum Gasteiger partial charge on any atom is -0.352 e. The summed E-state index contributed by atoms with van der Waals surface area (Å²) in [6, 6.07) is 12.0. The maximum atomic E-state index is 11.6. The number of carbonyl (C=O) groups is 1. The van der Waals surface area contributed by atoms with E-state index in [9.17, 15) is 4.79 Å². The highest BCUT2D eigenvalue weighted by Crippen LogP contribution is 2.34. The molecular weight excluding hydrogens is 360 g/mol. The highest BCUT2D eigenvalue weighted by Gasteiger charge is 2.18. The summed E-state index contributed by atoms with van der Waals surface area (Å²) in [5.74, 6) is 0.557. The zero-order valence-electron chi connectivity index (χ0n) is 15.0. The Balaban J connectivity index is 1.47. The summed E-state index contributed by atoms with van der Waals surface area (Å²) in [6.45, 7) is 4.67. The van der Waals surface area contributed by atoms with Crippen molar-refractivity contribution in [2.45, 2.75) is 6.92 Å². The zero-order valence-corrected chi connectivity index (χ0v) is 15.8. The molecule has 2 aromatic heterocycles. The normalized spacial score (nSPS) is 13.7. The van der Waals surface area contributed by atoms with E-state index in [1.165, 1.54) is 0 Å². The lowest BCUT2D eigenvalue weighted by atomic mass is 10.2. The first-order chi connectivity index (χ1) is 13.2. The van der Waals surface area contributed by atoms with Crippen LogP contribution in [0.25, 0.3) is 21.1 Å². The van der Waals surface area contributed by atoms with Crippen LogP contribution in [0.4, 0.5) is 10.7 Å². The highest BCUT2D eigenvalue weighted by molar-refractivity contribution is 7.18. The number of hydrogen-bond donors (Lipinski definition) is 2. The standard InChI is InChI=1S/C19H20N6OS/c1-13-16(27-17(23-13)14-5-3-2-4-6-14)15-7-8-20-18(24-15)21-9-11-25-12-10-22-19(25)26/h2-8H,9-12H2,1H3,(H,22,26)(H,20,21,24). The van der Waals surface area contributed by atoms with E-state index in [0.717, 1.165) is 33.4 Å². The van der Waals surface area contributed by atoms with E-state index in [1.807, 2.05) is 31.2 Å². The number of anilines is 1. The quantitative estimate of drug-likeness (QED) is 0.687. The van der Waals surface area contributed by atoms with Gasteiger partial charge in [-0.1, -0.05) is 30.3 Å². The highest BCUT2D eigenvalue weighted by atomic mass is 32.1. The first-order valence-corrected chi connectivity index (χ1v) is 9.65. The molecule has 0 spiro atoms. The SMILES string of the molecule is Cc1nc(-c2ccccc2)sc1-c1ccnc(NCCN2CCNC2=O)n1. The lowest BCUT2D eigenvalue weighted by molar-refractivity contribution is 0.219. The molecule has 0 saturated carbocycles. The number of urea groups is 1. The topological polar surface area (TPSA) is 83.0 Å². The van der Waals surface area contributed by atoms with Crippen molar-refractivity contribution in [3.8, 4) is 21.1 Å². The van der Waals surface area contributed by atoms with Crippen LogP contribution in [0.2, 0.25) is 0 Å². The second-order valence-electron chi connectivity index (χ2n) is 6.21. The third kappa shape index (κ3) is 3.90. The van der Waals surface area contributed by atoms with Gasteiger partial charge in [0.05, 0.1) is 16.3 Å². The van der Waals surface area contributed by atoms with Gasteiger partial charge in [0, 0.05) is 37.9 Å². The van der Waals surface area contributed by atoms with Crippen molar-refractivity contribution in [3.63, 3.8) is 0 Å². The van der Waals surface area contributed by atoms with Crippen LogP contribution in [0.1, 0.15) is 5.69 Å². The second kappa shape index (κ2) is 7.71. The zero-order chi connectivity index (χ0) is 18.6. The molecule has 1 aliphatic rings. The van der Waals surface area contributed by atoms with Crippen molar-refractivity contribution in [1.82, 2.24) is 25.2 Å². The first kappa shape index (κ1) is 17.4. The molecule has 0 bridgehead atoms. The van der Waals surface area contributed by atoms with E-state index >= 15 is 0 Å². The Morgan fingerprint density at radius 1 is 1.22 bits per heavy atom. The Morgan fingerprint density at radius 2 is 2.07 bits per heavy atom. The molecule has 3 heterocycles. The summed E-state index contributed by atoms with van der Waals surface area (Å²) in [5, 5.41) is 6.98. The molecule has 3 aromatic rings. The van der Waals surface area contributed by atoms with Crippen LogP contribution in [-0.2, 0) is 0 Å². The number of hydrogen-bond acceptors (Lipinski definition) is 6. The fraction of sp³-hybridized carbons (Fsp3) is 0.263. The fourth-order valence-corrected chi connectivity index (χ4v) is 3.98.